The fourth-order valence-corrected chi connectivity index (χ4v) is 4.48. The number of urea groups is 1. The third kappa shape index (κ3) is 5.10. The van der Waals surface area contributed by atoms with Crippen molar-refractivity contribution >= 4 is 45.3 Å². The molecule has 1 aliphatic rings. The van der Waals surface area contributed by atoms with Crippen LogP contribution >= 0.6 is 23.1 Å². The van der Waals surface area contributed by atoms with Crippen molar-refractivity contribution in [1.29, 1.82) is 0 Å². The predicted octanol–water partition coefficient (Wildman–Crippen LogP) is 2.96. The number of hydrogen-bond donors (Lipinski definition) is 3. The molecule has 3 N–H and O–H groups in total. The zero-order valence-corrected chi connectivity index (χ0v) is 17.3. The lowest BCUT2D eigenvalue weighted by atomic mass is 9.98. The molecule has 1 atom stereocenters. The minimum atomic E-state index is -0.469. The maximum atomic E-state index is 12.6. The van der Waals surface area contributed by atoms with Gasteiger partial charge in [0.25, 0.3) is 5.56 Å². The van der Waals surface area contributed by atoms with E-state index in [1.165, 1.54) is 11.3 Å². The van der Waals surface area contributed by atoms with Crippen LogP contribution in [0, 0.1) is 12.8 Å². The smallest absolute Gasteiger partial charge is 0.321 e. The molecule has 2 aromatic heterocycles. The Morgan fingerprint density at radius 1 is 1.41 bits per heavy atom. The van der Waals surface area contributed by atoms with Gasteiger partial charge >= 0.3 is 6.03 Å². The molecule has 0 aliphatic heterocycles. The summed E-state index contributed by atoms with van der Waals surface area (Å²) >= 11 is 2.62. The Balaban J connectivity index is 1.68. The van der Waals surface area contributed by atoms with Crippen molar-refractivity contribution in [2.75, 3.05) is 5.75 Å². The van der Waals surface area contributed by atoms with E-state index < -0.39 is 11.9 Å². The summed E-state index contributed by atoms with van der Waals surface area (Å²) in [5, 5.41) is 6.03. The first-order valence-corrected chi connectivity index (χ1v) is 10.9. The van der Waals surface area contributed by atoms with Gasteiger partial charge in [-0.05, 0) is 37.7 Å². The van der Waals surface area contributed by atoms with Gasteiger partial charge in [-0.25, -0.2) is 9.78 Å². The Labute approximate surface area is 165 Å². The molecular weight excluding hydrogens is 384 g/mol. The molecule has 27 heavy (non-hydrogen) atoms. The van der Waals surface area contributed by atoms with Crippen molar-refractivity contribution in [1.82, 2.24) is 20.6 Å². The number of amides is 3. The molecular formula is C18H24N4O3S2. The lowest BCUT2D eigenvalue weighted by Crippen LogP contribution is -2.41. The minimum absolute atomic E-state index is 0.0105. The topological polar surface area (TPSA) is 104 Å². The van der Waals surface area contributed by atoms with Crippen molar-refractivity contribution in [3.8, 4) is 0 Å². The van der Waals surface area contributed by atoms with Gasteiger partial charge in [0.05, 0.1) is 11.1 Å². The number of rotatable bonds is 7. The minimum Gasteiger partial charge on any atom is -0.335 e. The molecule has 0 unspecified atom stereocenters. The predicted molar refractivity (Wildman–Crippen MR) is 109 cm³/mol. The Bertz CT molecular complexity index is 917. The third-order valence-corrected chi connectivity index (χ3v) is 6.51. The summed E-state index contributed by atoms with van der Waals surface area (Å²) in [6.07, 6.45) is 3.83. The SMILES string of the molecule is CC[C@@H](C)Cc1c(C)sc2nc(SCC(=O)NC(=O)NC3CC3)[nH]c(=O)c12. The molecule has 0 spiro atoms. The lowest BCUT2D eigenvalue weighted by molar-refractivity contribution is -0.117. The van der Waals surface area contributed by atoms with Crippen molar-refractivity contribution in [2.45, 2.75) is 57.7 Å². The quantitative estimate of drug-likeness (QED) is 0.483. The lowest BCUT2D eigenvalue weighted by Gasteiger charge is -2.08. The number of carbonyl (C=O) groups is 2. The second kappa shape index (κ2) is 8.43. The molecule has 0 radical (unpaired) electrons. The first-order valence-electron chi connectivity index (χ1n) is 9.12. The average Bonchev–Trinajstić information content (AvgIpc) is 3.36. The molecule has 2 heterocycles. The Morgan fingerprint density at radius 2 is 2.15 bits per heavy atom. The zero-order valence-electron chi connectivity index (χ0n) is 15.7. The number of nitrogens with zero attached hydrogens (tertiary/aromatic N) is 1. The van der Waals surface area contributed by atoms with Gasteiger partial charge in [-0.2, -0.15) is 0 Å². The molecule has 0 saturated heterocycles. The van der Waals surface area contributed by atoms with E-state index in [2.05, 4.69) is 34.4 Å². The number of hydrogen-bond acceptors (Lipinski definition) is 6. The zero-order chi connectivity index (χ0) is 19.6. The van der Waals surface area contributed by atoms with E-state index in [1.807, 2.05) is 6.92 Å². The van der Waals surface area contributed by atoms with Crippen LogP contribution in [0.4, 0.5) is 4.79 Å². The molecule has 3 rings (SSSR count). The van der Waals surface area contributed by atoms with Crippen LogP contribution in [0.1, 0.15) is 43.6 Å². The molecule has 146 valence electrons. The van der Waals surface area contributed by atoms with Gasteiger partial charge in [0, 0.05) is 10.9 Å². The molecule has 1 aliphatic carbocycles. The first-order chi connectivity index (χ1) is 12.9. The van der Waals surface area contributed by atoms with Gasteiger partial charge in [-0.15, -0.1) is 11.3 Å². The molecule has 1 saturated carbocycles. The van der Waals surface area contributed by atoms with Gasteiger partial charge in [-0.3, -0.25) is 14.9 Å². The van der Waals surface area contributed by atoms with Crippen molar-refractivity contribution < 1.29 is 9.59 Å². The normalized spacial score (nSPS) is 14.9. The third-order valence-electron chi connectivity index (χ3n) is 4.60. The van der Waals surface area contributed by atoms with Gasteiger partial charge < -0.3 is 10.3 Å². The van der Waals surface area contributed by atoms with Crippen molar-refractivity contribution in [3.05, 3.63) is 20.8 Å². The number of aryl methyl sites for hydroxylation is 1. The molecule has 2 aromatic rings. The summed E-state index contributed by atoms with van der Waals surface area (Å²) in [4.78, 5) is 45.1. The second-order valence-electron chi connectivity index (χ2n) is 6.99. The largest absolute Gasteiger partial charge is 0.335 e. The second-order valence-corrected chi connectivity index (χ2v) is 9.16. The highest BCUT2D eigenvalue weighted by atomic mass is 32.2. The summed E-state index contributed by atoms with van der Waals surface area (Å²) < 4.78 is 0. The number of H-pyrrole nitrogens is 1. The Morgan fingerprint density at radius 3 is 2.81 bits per heavy atom. The summed E-state index contributed by atoms with van der Waals surface area (Å²) in [5.74, 6) is 0.0949. The van der Waals surface area contributed by atoms with E-state index in [9.17, 15) is 14.4 Å². The molecule has 0 bridgehead atoms. The van der Waals surface area contributed by atoms with Crippen LogP contribution in [-0.4, -0.2) is 33.7 Å². The summed E-state index contributed by atoms with van der Waals surface area (Å²) in [5.41, 5.74) is 0.904. The molecule has 0 aromatic carbocycles. The molecule has 7 nitrogen and oxygen atoms in total. The summed E-state index contributed by atoms with van der Waals surface area (Å²) in [6, 6.07) is -0.277. The number of carbonyl (C=O) groups excluding carboxylic acids is 2. The number of aromatic amines is 1. The van der Waals surface area contributed by atoms with Crippen LogP contribution in [0.15, 0.2) is 9.95 Å². The van der Waals surface area contributed by atoms with Crippen LogP contribution in [0.5, 0.6) is 0 Å². The summed E-state index contributed by atoms with van der Waals surface area (Å²) in [6.45, 7) is 6.33. The van der Waals surface area contributed by atoms with Gasteiger partial charge in [0.2, 0.25) is 5.91 Å². The van der Waals surface area contributed by atoms with Crippen LogP contribution in [0.3, 0.4) is 0 Å². The molecule has 9 heteroatoms. The van der Waals surface area contributed by atoms with Gasteiger partial charge in [0.15, 0.2) is 5.16 Å². The Kier molecular flexibility index (Phi) is 6.21. The van der Waals surface area contributed by atoms with Gasteiger partial charge in [0.1, 0.15) is 4.83 Å². The monoisotopic (exact) mass is 408 g/mol. The van der Waals surface area contributed by atoms with E-state index in [0.717, 1.165) is 47.9 Å². The maximum absolute atomic E-state index is 12.6. The number of nitrogens with one attached hydrogen (secondary N) is 3. The number of thioether (sulfide) groups is 1. The molecule has 1 fully saturated rings. The highest BCUT2D eigenvalue weighted by Gasteiger charge is 2.24. The van der Waals surface area contributed by atoms with Crippen LogP contribution in [0.2, 0.25) is 0 Å². The van der Waals surface area contributed by atoms with Crippen LogP contribution < -0.4 is 16.2 Å². The standard InChI is InChI=1S/C18H24N4O3S2/c1-4-9(2)7-12-10(3)27-16-14(12)15(24)21-18(22-16)26-8-13(23)20-17(25)19-11-5-6-11/h9,11H,4-8H2,1-3H3,(H,21,22,24)(H2,19,20,23,25)/t9-/m1/s1. The number of aromatic nitrogens is 2. The first kappa shape index (κ1) is 19.9. The van der Waals surface area contributed by atoms with Crippen LogP contribution in [0.25, 0.3) is 10.2 Å². The van der Waals surface area contributed by atoms with Crippen LogP contribution in [-0.2, 0) is 11.2 Å². The average molecular weight is 409 g/mol. The van der Waals surface area contributed by atoms with Gasteiger partial charge in [-0.1, -0.05) is 32.0 Å². The maximum Gasteiger partial charge on any atom is 0.321 e. The van der Waals surface area contributed by atoms with Crippen molar-refractivity contribution in [3.63, 3.8) is 0 Å². The Hall–Kier alpha value is -1.87. The van der Waals surface area contributed by atoms with E-state index in [-0.39, 0.29) is 17.4 Å². The van der Waals surface area contributed by atoms with E-state index in [0.29, 0.717) is 21.3 Å². The molecule has 3 amide bonds. The van der Waals surface area contributed by atoms with E-state index in [1.54, 1.807) is 0 Å². The number of thiophene rings is 1. The number of imide groups is 1. The van der Waals surface area contributed by atoms with Crippen molar-refractivity contribution in [2.24, 2.45) is 5.92 Å². The fraction of sp³-hybridized carbons (Fsp3) is 0.556. The van der Waals surface area contributed by atoms with E-state index >= 15 is 0 Å². The highest BCUT2D eigenvalue weighted by Crippen LogP contribution is 2.30. The highest BCUT2D eigenvalue weighted by molar-refractivity contribution is 7.99. The summed E-state index contributed by atoms with van der Waals surface area (Å²) in [7, 11) is 0. The van der Waals surface area contributed by atoms with E-state index in [4.69, 9.17) is 0 Å². The fourth-order valence-electron chi connectivity index (χ4n) is 2.71. The number of fused-ring (bicyclic) bond motifs is 1.